The number of hydrogen-bond acceptors (Lipinski definition) is 1. The van der Waals surface area contributed by atoms with Crippen LogP contribution in [0.5, 0.6) is 0 Å². The first-order chi connectivity index (χ1) is 7.29. The van der Waals surface area contributed by atoms with Gasteiger partial charge in [0, 0.05) is 0 Å². The zero-order chi connectivity index (χ0) is 12.5. The molecule has 90 valence electrons. The molecule has 1 rings (SSSR count). The van der Waals surface area contributed by atoms with E-state index in [1.54, 1.807) is 0 Å². The number of alkyl halides is 6. The summed E-state index contributed by atoms with van der Waals surface area (Å²) in [5.74, 6) is -2.43. The Morgan fingerprint density at radius 3 is 2.25 bits per heavy atom. The van der Waals surface area contributed by atoms with Crippen molar-refractivity contribution < 1.29 is 26.3 Å². The highest BCUT2D eigenvalue weighted by Crippen LogP contribution is 2.39. The van der Waals surface area contributed by atoms with E-state index in [2.05, 4.69) is 4.98 Å². The van der Waals surface area contributed by atoms with Gasteiger partial charge in [-0.2, -0.15) is 13.2 Å². The average molecular weight is 264 g/mol. The van der Waals surface area contributed by atoms with Crippen molar-refractivity contribution in [2.45, 2.75) is 18.5 Å². The summed E-state index contributed by atoms with van der Waals surface area (Å²) >= 11 is 5.14. The molecule has 0 bridgehead atoms. The lowest BCUT2D eigenvalue weighted by atomic mass is 10.1. The van der Waals surface area contributed by atoms with Crippen LogP contribution >= 0.6 is 11.6 Å². The van der Waals surface area contributed by atoms with Gasteiger partial charge in [0.15, 0.2) is 5.82 Å². The molecule has 0 N–H and O–H groups in total. The van der Waals surface area contributed by atoms with Gasteiger partial charge in [0.25, 0.3) is 6.43 Å². The number of pyridine rings is 1. The minimum absolute atomic E-state index is 0.300. The van der Waals surface area contributed by atoms with E-state index in [0.717, 1.165) is 0 Å². The summed E-state index contributed by atoms with van der Waals surface area (Å²) in [4.78, 5) is 3.05. The predicted molar refractivity (Wildman–Crippen MR) is 43.7 cm³/mol. The van der Waals surface area contributed by atoms with Gasteiger partial charge in [-0.15, -0.1) is 11.6 Å². The number of hydrogen-bond donors (Lipinski definition) is 0. The zero-order valence-corrected chi connectivity index (χ0v) is 8.21. The van der Waals surface area contributed by atoms with Crippen molar-refractivity contribution in [2.24, 2.45) is 0 Å². The second-order valence-corrected chi connectivity index (χ2v) is 3.04. The van der Waals surface area contributed by atoms with Gasteiger partial charge in [-0.25, -0.2) is 13.2 Å². The van der Waals surface area contributed by atoms with Crippen molar-refractivity contribution in [3.05, 3.63) is 28.8 Å². The molecule has 0 atom stereocenters. The Bertz CT molecular complexity index is 389. The summed E-state index contributed by atoms with van der Waals surface area (Å²) in [5.41, 5.74) is -4.32. The molecule has 1 heterocycles. The Hall–Kier alpha value is -0.980. The highest BCUT2D eigenvalue weighted by molar-refractivity contribution is 6.17. The minimum Gasteiger partial charge on any atom is -0.256 e. The lowest BCUT2D eigenvalue weighted by molar-refractivity contribution is -0.140. The molecule has 0 aliphatic heterocycles. The minimum atomic E-state index is -5.12. The Kier molecular flexibility index (Phi) is 3.67. The lowest BCUT2D eigenvalue weighted by Gasteiger charge is -2.15. The highest BCUT2D eigenvalue weighted by atomic mass is 35.5. The van der Waals surface area contributed by atoms with Gasteiger partial charge >= 0.3 is 6.18 Å². The molecule has 0 spiro atoms. The van der Waals surface area contributed by atoms with E-state index < -0.39 is 41.1 Å². The van der Waals surface area contributed by atoms with Crippen LogP contribution in [-0.4, -0.2) is 4.98 Å². The summed E-state index contributed by atoms with van der Waals surface area (Å²) in [5, 5.41) is 0. The van der Waals surface area contributed by atoms with Crippen LogP contribution in [0.3, 0.4) is 0 Å². The Morgan fingerprint density at radius 1 is 1.31 bits per heavy atom. The highest BCUT2D eigenvalue weighted by Gasteiger charge is 2.40. The Balaban J connectivity index is 3.56. The summed E-state index contributed by atoms with van der Waals surface area (Å²) < 4.78 is 74.8. The van der Waals surface area contributed by atoms with Crippen LogP contribution < -0.4 is 0 Å². The molecular formula is C8H4ClF6N. The Morgan fingerprint density at radius 2 is 1.88 bits per heavy atom. The molecule has 1 aromatic heterocycles. The fourth-order valence-electron chi connectivity index (χ4n) is 1.17. The number of aromatic nitrogens is 1. The molecule has 0 radical (unpaired) electrons. The zero-order valence-electron chi connectivity index (χ0n) is 7.45. The van der Waals surface area contributed by atoms with Gasteiger partial charge in [0.1, 0.15) is 0 Å². The van der Waals surface area contributed by atoms with Gasteiger partial charge in [-0.05, 0) is 0 Å². The molecule has 1 nitrogen and oxygen atoms in total. The summed E-state index contributed by atoms with van der Waals surface area (Å²) in [6, 6.07) is 0. The summed E-state index contributed by atoms with van der Waals surface area (Å²) in [6.45, 7) is 0. The van der Waals surface area contributed by atoms with Crippen LogP contribution in [0.25, 0.3) is 0 Å². The standard InChI is InChI=1S/C8H4ClF6N/c9-1-4-6(8(13,14)15)5(7(11)12)3(10)2-16-4/h2,7H,1H2. The largest absolute Gasteiger partial charge is 0.418 e. The summed E-state index contributed by atoms with van der Waals surface area (Å²) in [7, 11) is 0. The van der Waals surface area contributed by atoms with E-state index in [1.807, 2.05) is 0 Å². The van der Waals surface area contributed by atoms with E-state index in [0.29, 0.717) is 6.20 Å². The van der Waals surface area contributed by atoms with Crippen molar-refractivity contribution in [3.63, 3.8) is 0 Å². The average Bonchev–Trinajstić information content (AvgIpc) is 2.15. The van der Waals surface area contributed by atoms with E-state index >= 15 is 0 Å². The third-order valence-electron chi connectivity index (χ3n) is 1.78. The van der Waals surface area contributed by atoms with Crippen molar-refractivity contribution in [2.75, 3.05) is 0 Å². The van der Waals surface area contributed by atoms with Crippen molar-refractivity contribution in [1.29, 1.82) is 0 Å². The number of rotatable bonds is 2. The molecule has 0 amide bonds. The summed E-state index contributed by atoms with van der Waals surface area (Å²) in [6.07, 6.45) is -8.40. The topological polar surface area (TPSA) is 12.9 Å². The second kappa shape index (κ2) is 4.48. The van der Waals surface area contributed by atoms with Gasteiger partial charge in [-0.3, -0.25) is 4.98 Å². The third kappa shape index (κ3) is 2.40. The first kappa shape index (κ1) is 13.1. The van der Waals surface area contributed by atoms with Gasteiger partial charge in [0.2, 0.25) is 0 Å². The van der Waals surface area contributed by atoms with Crippen LogP contribution in [0.15, 0.2) is 6.20 Å². The third-order valence-corrected chi connectivity index (χ3v) is 2.03. The molecule has 1 aromatic rings. The van der Waals surface area contributed by atoms with E-state index in [4.69, 9.17) is 11.6 Å². The maximum atomic E-state index is 12.9. The van der Waals surface area contributed by atoms with Crippen LogP contribution in [0.2, 0.25) is 0 Å². The molecule has 16 heavy (non-hydrogen) atoms. The van der Waals surface area contributed by atoms with E-state index in [9.17, 15) is 26.3 Å². The van der Waals surface area contributed by atoms with Crippen molar-refractivity contribution in [1.82, 2.24) is 4.98 Å². The number of halogens is 7. The lowest BCUT2D eigenvalue weighted by Crippen LogP contribution is -2.16. The predicted octanol–water partition coefficient (Wildman–Crippen LogP) is 3.92. The molecule has 0 fully saturated rings. The smallest absolute Gasteiger partial charge is 0.256 e. The quantitative estimate of drug-likeness (QED) is 0.582. The molecule has 8 heteroatoms. The first-order valence-corrected chi connectivity index (χ1v) is 4.41. The Labute approximate surface area is 91.0 Å². The fraction of sp³-hybridized carbons (Fsp3) is 0.375. The van der Waals surface area contributed by atoms with Crippen LogP contribution in [0.4, 0.5) is 26.3 Å². The van der Waals surface area contributed by atoms with E-state index in [-0.39, 0.29) is 0 Å². The van der Waals surface area contributed by atoms with Gasteiger partial charge in [-0.1, -0.05) is 0 Å². The molecular weight excluding hydrogens is 260 g/mol. The first-order valence-electron chi connectivity index (χ1n) is 3.87. The van der Waals surface area contributed by atoms with Crippen LogP contribution in [0.1, 0.15) is 23.2 Å². The molecule has 0 aromatic carbocycles. The fourth-order valence-corrected chi connectivity index (χ4v) is 1.38. The van der Waals surface area contributed by atoms with Gasteiger partial charge < -0.3 is 0 Å². The van der Waals surface area contributed by atoms with Gasteiger partial charge in [0.05, 0.1) is 28.9 Å². The molecule has 0 saturated heterocycles. The molecule has 0 saturated carbocycles. The van der Waals surface area contributed by atoms with E-state index in [1.165, 1.54) is 0 Å². The molecule has 0 unspecified atom stereocenters. The molecule has 0 aliphatic rings. The van der Waals surface area contributed by atoms with Crippen LogP contribution in [0, 0.1) is 5.82 Å². The second-order valence-electron chi connectivity index (χ2n) is 2.77. The molecule has 0 aliphatic carbocycles. The SMILES string of the molecule is Fc1cnc(CCl)c(C(F)(F)F)c1C(F)F. The normalized spacial score (nSPS) is 12.2. The van der Waals surface area contributed by atoms with Crippen LogP contribution in [-0.2, 0) is 12.1 Å². The van der Waals surface area contributed by atoms with Crippen molar-refractivity contribution in [3.8, 4) is 0 Å². The number of nitrogens with zero attached hydrogens (tertiary/aromatic N) is 1. The maximum Gasteiger partial charge on any atom is 0.418 e. The monoisotopic (exact) mass is 263 g/mol. The van der Waals surface area contributed by atoms with Crippen molar-refractivity contribution >= 4 is 11.6 Å². The maximum absolute atomic E-state index is 12.9.